The Balaban J connectivity index is 2.13. The van der Waals surface area contributed by atoms with Gasteiger partial charge in [0.15, 0.2) is 0 Å². The van der Waals surface area contributed by atoms with Gasteiger partial charge in [-0.3, -0.25) is 0 Å². The Morgan fingerprint density at radius 2 is 2.00 bits per heavy atom. The number of ether oxygens (including phenoxy) is 1. The van der Waals surface area contributed by atoms with E-state index in [1.807, 2.05) is 18.2 Å². The predicted molar refractivity (Wildman–Crippen MR) is 73.4 cm³/mol. The van der Waals surface area contributed by atoms with Gasteiger partial charge in [0.05, 0.1) is 7.11 Å². The summed E-state index contributed by atoms with van der Waals surface area (Å²) >= 11 is 1.50. The first-order valence-electron chi connectivity index (χ1n) is 5.50. The van der Waals surface area contributed by atoms with Crippen molar-refractivity contribution in [2.24, 2.45) is 0 Å². The molecule has 0 aliphatic rings. The molecule has 0 radical (unpaired) electrons. The van der Waals surface area contributed by atoms with Crippen LogP contribution >= 0.6 is 11.8 Å². The van der Waals surface area contributed by atoms with Gasteiger partial charge in [0.1, 0.15) is 11.6 Å². The van der Waals surface area contributed by atoms with Gasteiger partial charge in [0.2, 0.25) is 0 Å². The molecular formula is C14H14FNOS. The van der Waals surface area contributed by atoms with Crippen molar-refractivity contribution < 1.29 is 9.13 Å². The van der Waals surface area contributed by atoms with Crippen LogP contribution in [0.2, 0.25) is 0 Å². The van der Waals surface area contributed by atoms with Crippen LogP contribution in [0, 0.1) is 5.82 Å². The Bertz CT molecular complexity index is 545. The van der Waals surface area contributed by atoms with E-state index < -0.39 is 0 Å². The summed E-state index contributed by atoms with van der Waals surface area (Å²) in [5, 5.41) is 0. The van der Waals surface area contributed by atoms with E-state index in [0.29, 0.717) is 17.0 Å². The number of anilines is 1. The molecule has 94 valence electrons. The SMILES string of the molecule is COc1ccc(N)c(SCc2ccccc2F)c1. The van der Waals surface area contributed by atoms with E-state index in [1.165, 1.54) is 17.8 Å². The maximum absolute atomic E-state index is 13.5. The molecule has 0 aliphatic carbocycles. The lowest BCUT2D eigenvalue weighted by atomic mass is 10.2. The zero-order valence-electron chi connectivity index (χ0n) is 10.0. The van der Waals surface area contributed by atoms with Gasteiger partial charge in [0, 0.05) is 16.3 Å². The van der Waals surface area contributed by atoms with Gasteiger partial charge in [-0.2, -0.15) is 0 Å². The highest BCUT2D eigenvalue weighted by molar-refractivity contribution is 7.98. The maximum Gasteiger partial charge on any atom is 0.127 e. The van der Waals surface area contributed by atoms with Crippen LogP contribution in [0.15, 0.2) is 47.4 Å². The highest BCUT2D eigenvalue weighted by Gasteiger charge is 2.05. The van der Waals surface area contributed by atoms with Crippen molar-refractivity contribution in [3.8, 4) is 5.75 Å². The van der Waals surface area contributed by atoms with E-state index >= 15 is 0 Å². The molecule has 18 heavy (non-hydrogen) atoms. The molecule has 2 rings (SSSR count). The van der Waals surface area contributed by atoms with Gasteiger partial charge in [-0.15, -0.1) is 11.8 Å². The van der Waals surface area contributed by atoms with Gasteiger partial charge in [-0.25, -0.2) is 4.39 Å². The monoisotopic (exact) mass is 263 g/mol. The zero-order chi connectivity index (χ0) is 13.0. The molecule has 0 atom stereocenters. The van der Waals surface area contributed by atoms with E-state index in [0.717, 1.165) is 10.6 Å². The predicted octanol–water partition coefficient (Wildman–Crippen LogP) is 3.71. The third kappa shape index (κ3) is 2.96. The molecule has 2 aromatic rings. The third-order valence-electron chi connectivity index (χ3n) is 2.56. The number of hydrogen-bond donors (Lipinski definition) is 1. The van der Waals surface area contributed by atoms with Gasteiger partial charge in [-0.05, 0) is 29.8 Å². The summed E-state index contributed by atoms with van der Waals surface area (Å²) in [7, 11) is 1.61. The fourth-order valence-electron chi connectivity index (χ4n) is 1.54. The highest BCUT2D eigenvalue weighted by atomic mass is 32.2. The first-order valence-corrected chi connectivity index (χ1v) is 6.49. The Labute approximate surface area is 110 Å². The number of benzene rings is 2. The molecule has 0 unspecified atom stereocenters. The molecule has 0 heterocycles. The maximum atomic E-state index is 13.5. The number of methoxy groups -OCH3 is 1. The topological polar surface area (TPSA) is 35.2 Å². The molecule has 2 N–H and O–H groups in total. The lowest BCUT2D eigenvalue weighted by molar-refractivity contribution is 0.414. The first-order chi connectivity index (χ1) is 8.70. The molecule has 0 amide bonds. The molecule has 2 aromatic carbocycles. The summed E-state index contributed by atoms with van der Waals surface area (Å²) in [6, 6.07) is 12.2. The molecule has 0 fully saturated rings. The van der Waals surface area contributed by atoms with Crippen molar-refractivity contribution in [2.75, 3.05) is 12.8 Å². The number of nitrogens with two attached hydrogens (primary N) is 1. The van der Waals surface area contributed by atoms with E-state index in [9.17, 15) is 4.39 Å². The molecule has 0 spiro atoms. The lowest BCUT2D eigenvalue weighted by Crippen LogP contribution is -1.92. The van der Waals surface area contributed by atoms with Gasteiger partial charge in [-0.1, -0.05) is 18.2 Å². The Hall–Kier alpha value is -1.68. The minimum atomic E-state index is -0.188. The van der Waals surface area contributed by atoms with Gasteiger partial charge >= 0.3 is 0 Å². The Morgan fingerprint density at radius 3 is 2.72 bits per heavy atom. The largest absolute Gasteiger partial charge is 0.497 e. The Morgan fingerprint density at radius 1 is 1.22 bits per heavy atom. The summed E-state index contributed by atoms with van der Waals surface area (Å²) in [6.07, 6.45) is 0. The molecule has 0 aromatic heterocycles. The van der Waals surface area contributed by atoms with Crippen molar-refractivity contribution in [2.45, 2.75) is 10.6 Å². The molecule has 0 bridgehead atoms. The number of halogens is 1. The number of rotatable bonds is 4. The van der Waals surface area contributed by atoms with Crippen LogP contribution in [0.4, 0.5) is 10.1 Å². The fraction of sp³-hybridized carbons (Fsp3) is 0.143. The summed E-state index contributed by atoms with van der Waals surface area (Å²) in [5.74, 6) is 1.11. The molecule has 0 saturated heterocycles. The first kappa shape index (κ1) is 12.8. The van der Waals surface area contributed by atoms with Crippen molar-refractivity contribution in [1.29, 1.82) is 0 Å². The fourth-order valence-corrected chi connectivity index (χ4v) is 2.52. The smallest absolute Gasteiger partial charge is 0.127 e. The molecule has 0 aliphatic heterocycles. The van der Waals surface area contributed by atoms with Crippen LogP contribution in [0.25, 0.3) is 0 Å². The van der Waals surface area contributed by atoms with Crippen molar-refractivity contribution in [3.63, 3.8) is 0 Å². The second kappa shape index (κ2) is 5.78. The summed E-state index contributed by atoms with van der Waals surface area (Å²) in [6.45, 7) is 0. The number of nitrogen functional groups attached to an aromatic ring is 1. The van der Waals surface area contributed by atoms with Crippen molar-refractivity contribution in [3.05, 3.63) is 53.8 Å². The summed E-state index contributed by atoms with van der Waals surface area (Å²) in [5.41, 5.74) is 7.23. The number of hydrogen-bond acceptors (Lipinski definition) is 3. The van der Waals surface area contributed by atoms with E-state index in [-0.39, 0.29) is 5.82 Å². The normalized spacial score (nSPS) is 10.3. The van der Waals surface area contributed by atoms with Crippen molar-refractivity contribution in [1.82, 2.24) is 0 Å². The lowest BCUT2D eigenvalue weighted by Gasteiger charge is -2.08. The van der Waals surface area contributed by atoms with Gasteiger partial charge < -0.3 is 10.5 Å². The minimum Gasteiger partial charge on any atom is -0.497 e. The quantitative estimate of drug-likeness (QED) is 0.674. The molecule has 4 heteroatoms. The van der Waals surface area contributed by atoms with E-state index in [2.05, 4.69) is 0 Å². The summed E-state index contributed by atoms with van der Waals surface area (Å²) < 4.78 is 18.6. The van der Waals surface area contributed by atoms with Crippen molar-refractivity contribution >= 4 is 17.4 Å². The third-order valence-corrected chi connectivity index (χ3v) is 3.68. The number of thioether (sulfide) groups is 1. The van der Waals surface area contributed by atoms with Crippen LogP contribution in [0.5, 0.6) is 5.75 Å². The van der Waals surface area contributed by atoms with E-state index in [4.69, 9.17) is 10.5 Å². The van der Waals surface area contributed by atoms with E-state index in [1.54, 1.807) is 25.3 Å². The molecule has 2 nitrogen and oxygen atoms in total. The Kier molecular flexibility index (Phi) is 4.10. The zero-order valence-corrected chi connectivity index (χ0v) is 10.8. The van der Waals surface area contributed by atoms with Crippen LogP contribution < -0.4 is 10.5 Å². The second-order valence-electron chi connectivity index (χ2n) is 3.78. The highest BCUT2D eigenvalue weighted by Crippen LogP contribution is 2.31. The average molecular weight is 263 g/mol. The van der Waals surface area contributed by atoms with Gasteiger partial charge in [0.25, 0.3) is 0 Å². The molecule has 0 saturated carbocycles. The van der Waals surface area contributed by atoms with Crippen LogP contribution in [-0.2, 0) is 5.75 Å². The summed E-state index contributed by atoms with van der Waals surface area (Å²) in [4.78, 5) is 0.901. The van der Waals surface area contributed by atoms with Crippen LogP contribution in [0.3, 0.4) is 0 Å². The molecular weight excluding hydrogens is 249 g/mol. The standard InChI is InChI=1S/C14H14FNOS/c1-17-11-6-7-13(16)14(8-11)18-9-10-4-2-3-5-12(10)15/h2-8H,9,16H2,1H3. The average Bonchev–Trinajstić information content (AvgIpc) is 2.39. The van der Waals surface area contributed by atoms with Crippen LogP contribution in [0.1, 0.15) is 5.56 Å². The van der Waals surface area contributed by atoms with Crippen LogP contribution in [-0.4, -0.2) is 7.11 Å². The second-order valence-corrected chi connectivity index (χ2v) is 4.80. The minimum absolute atomic E-state index is 0.188.